The Balaban J connectivity index is 0. The van der Waals surface area contributed by atoms with Crippen LogP contribution in [0.1, 0.15) is 0 Å². The van der Waals surface area contributed by atoms with Crippen molar-refractivity contribution in [3.63, 3.8) is 0 Å². The monoisotopic (exact) mass is 340 g/mol. The Morgan fingerprint density at radius 3 is 1.82 bits per heavy atom. The maximum Gasteiger partial charge on any atom is 0.154 e. The van der Waals surface area contributed by atoms with Crippen molar-refractivity contribution >= 4 is 0 Å². The van der Waals surface area contributed by atoms with Crippen molar-refractivity contribution in [2.45, 2.75) is 0 Å². The minimum absolute atomic E-state index is 0. The molecule has 0 fully saturated rings. The average Bonchev–Trinajstić information content (AvgIpc) is 1.90. The fourth-order valence-electron chi connectivity index (χ4n) is 0.277. The van der Waals surface area contributed by atoms with Crippen LogP contribution >= 0.6 is 0 Å². The molecule has 0 bridgehead atoms. The molecule has 0 aromatic carbocycles. The van der Waals surface area contributed by atoms with E-state index in [9.17, 15) is 13.2 Å². The van der Waals surface area contributed by atoms with E-state index in [1.807, 2.05) is 12.1 Å². The van der Waals surface area contributed by atoms with Gasteiger partial charge in [0.15, 0.2) is 6.68 Å². The zero-order valence-corrected chi connectivity index (χ0v) is 7.62. The van der Waals surface area contributed by atoms with Crippen LogP contribution < -0.4 is 0 Å². The molecule has 1 nitrogen and oxygen atoms in total. The number of hydrogen-bond acceptors (Lipinski definition) is 1. The van der Waals surface area contributed by atoms with Gasteiger partial charge in [-0.05, 0) is 0 Å². The zero-order chi connectivity index (χ0) is 7.82. The molecule has 1 aromatic heterocycles. The van der Waals surface area contributed by atoms with Crippen LogP contribution in [0.4, 0.5) is 13.2 Å². The topological polar surface area (TPSA) is 12.9 Å². The van der Waals surface area contributed by atoms with Crippen molar-refractivity contribution in [3.05, 3.63) is 37.3 Å². The number of aromatic nitrogens is 1. The van der Waals surface area contributed by atoms with Crippen molar-refractivity contribution < 1.29 is 33.3 Å². The second kappa shape index (κ2) is 9.59. The second-order valence-corrected chi connectivity index (χ2v) is 1.17. The fraction of sp³-hybridized carbons (Fsp3) is 0. The predicted molar refractivity (Wildman–Crippen MR) is 29.6 cm³/mol. The molecular formula is C6H4F3IrN-2. The van der Waals surface area contributed by atoms with E-state index in [2.05, 4.69) is 11.2 Å². The Morgan fingerprint density at radius 2 is 1.73 bits per heavy atom. The number of nitrogens with zero attached hydrogens (tertiary/aromatic N) is 1. The molecule has 11 heavy (non-hydrogen) atoms. The molecule has 1 aromatic rings. The summed E-state index contributed by atoms with van der Waals surface area (Å²) in [6.45, 7) is -3.08. The molecule has 1 heterocycles. The maximum absolute atomic E-state index is 9.58. The van der Waals surface area contributed by atoms with Gasteiger partial charge in [0.05, 0.1) is 0 Å². The van der Waals surface area contributed by atoms with E-state index in [0.29, 0.717) is 0 Å². The van der Waals surface area contributed by atoms with E-state index in [1.54, 1.807) is 12.3 Å². The Hall–Kier alpha value is -0.411. The second-order valence-electron chi connectivity index (χ2n) is 1.17. The number of halogens is 3. The Bertz CT molecular complexity index is 118. The molecule has 5 heteroatoms. The summed E-state index contributed by atoms with van der Waals surface area (Å²) < 4.78 is 28.8. The van der Waals surface area contributed by atoms with Crippen molar-refractivity contribution in [3.8, 4) is 0 Å². The van der Waals surface area contributed by atoms with E-state index in [4.69, 9.17) is 0 Å². The molecule has 0 spiro atoms. The molecule has 0 amide bonds. The number of rotatable bonds is 0. The Labute approximate surface area is 76.0 Å². The Kier molecular flexibility index (Phi) is 11.5. The van der Waals surface area contributed by atoms with Gasteiger partial charge in [0.1, 0.15) is 0 Å². The summed E-state index contributed by atoms with van der Waals surface area (Å²) in [6.07, 6.45) is 4.34. The smallest absolute Gasteiger partial charge is 0.154 e. The normalized spacial score (nSPS) is 7.64. The van der Waals surface area contributed by atoms with E-state index in [-0.39, 0.29) is 20.1 Å². The molecular weight excluding hydrogens is 335 g/mol. The Morgan fingerprint density at radius 1 is 1.18 bits per heavy atom. The van der Waals surface area contributed by atoms with E-state index >= 15 is 0 Å². The standard InChI is InChI=1S/C5H4N.CF3.Ir/c1-2-4-6-5-3-1;2-1(3)4;/h1-4H;;/q2*-1;. The molecule has 65 valence electrons. The largest absolute Gasteiger partial charge is 0.394 e. The molecule has 0 aliphatic rings. The molecule has 1 radical (unpaired) electrons. The third-order valence-electron chi connectivity index (χ3n) is 0.517. The van der Waals surface area contributed by atoms with E-state index in [1.165, 1.54) is 0 Å². The molecule has 0 aliphatic carbocycles. The van der Waals surface area contributed by atoms with Crippen LogP contribution in [-0.4, -0.2) is 4.98 Å². The first-order chi connectivity index (χ1) is 4.73. The summed E-state index contributed by atoms with van der Waals surface area (Å²) in [4.78, 5) is 3.66. The van der Waals surface area contributed by atoms with Crippen molar-refractivity contribution in [2.75, 3.05) is 0 Å². The molecule has 0 saturated heterocycles. The molecule has 0 aliphatic heterocycles. The van der Waals surface area contributed by atoms with Gasteiger partial charge in [-0.1, -0.05) is 12.4 Å². The van der Waals surface area contributed by atoms with Crippen LogP contribution in [0.5, 0.6) is 0 Å². The number of hydrogen-bond donors (Lipinski definition) is 0. The molecule has 0 saturated carbocycles. The maximum atomic E-state index is 9.58. The third kappa shape index (κ3) is 17.7. The van der Waals surface area contributed by atoms with Crippen LogP contribution in [0.15, 0.2) is 24.4 Å². The van der Waals surface area contributed by atoms with Crippen LogP contribution in [0.3, 0.4) is 0 Å². The molecule has 1 rings (SSSR count). The summed E-state index contributed by atoms with van der Waals surface area (Å²) in [5, 5.41) is 0. The van der Waals surface area contributed by atoms with Gasteiger partial charge in [0.2, 0.25) is 0 Å². The summed E-state index contributed by atoms with van der Waals surface area (Å²) in [5.41, 5.74) is 0. The summed E-state index contributed by atoms with van der Waals surface area (Å²) in [5.74, 6) is 0. The summed E-state index contributed by atoms with van der Waals surface area (Å²) >= 11 is 0. The van der Waals surface area contributed by atoms with Gasteiger partial charge in [-0.25, -0.2) is 0 Å². The van der Waals surface area contributed by atoms with Gasteiger partial charge < -0.3 is 18.2 Å². The first kappa shape index (κ1) is 13.2. The van der Waals surface area contributed by atoms with Crippen LogP contribution in [-0.2, 0) is 20.1 Å². The minimum atomic E-state index is -3.08. The van der Waals surface area contributed by atoms with Gasteiger partial charge in [-0.15, -0.1) is 0 Å². The third-order valence-corrected chi connectivity index (χ3v) is 0.517. The summed E-state index contributed by atoms with van der Waals surface area (Å²) in [7, 11) is 0. The zero-order valence-electron chi connectivity index (χ0n) is 5.22. The quantitative estimate of drug-likeness (QED) is 0.661. The van der Waals surface area contributed by atoms with Crippen molar-refractivity contribution in [1.29, 1.82) is 0 Å². The molecule has 0 unspecified atom stereocenters. The van der Waals surface area contributed by atoms with E-state index in [0.717, 1.165) is 0 Å². The van der Waals surface area contributed by atoms with Crippen molar-refractivity contribution in [2.24, 2.45) is 0 Å². The first-order valence-electron chi connectivity index (χ1n) is 2.34. The molecule has 0 atom stereocenters. The van der Waals surface area contributed by atoms with Gasteiger partial charge in [0.25, 0.3) is 0 Å². The van der Waals surface area contributed by atoms with E-state index < -0.39 is 6.68 Å². The molecule has 0 N–H and O–H groups in total. The SMILES string of the molecule is F[C-](F)F.[Ir].[c-]1ccccn1. The fourth-order valence-corrected chi connectivity index (χ4v) is 0.277. The minimum Gasteiger partial charge on any atom is -0.394 e. The van der Waals surface area contributed by atoms with Crippen LogP contribution in [0.25, 0.3) is 0 Å². The van der Waals surface area contributed by atoms with Gasteiger partial charge in [-0.2, -0.15) is 18.2 Å². The summed E-state index contributed by atoms with van der Waals surface area (Å²) in [6, 6.07) is 5.50. The van der Waals surface area contributed by atoms with Gasteiger partial charge in [-0.3, -0.25) is 0 Å². The van der Waals surface area contributed by atoms with Crippen LogP contribution in [0.2, 0.25) is 0 Å². The average molecular weight is 339 g/mol. The van der Waals surface area contributed by atoms with Crippen molar-refractivity contribution in [1.82, 2.24) is 4.98 Å². The first-order valence-corrected chi connectivity index (χ1v) is 2.34. The van der Waals surface area contributed by atoms with Gasteiger partial charge >= 0.3 is 0 Å². The van der Waals surface area contributed by atoms with Crippen LogP contribution in [0, 0.1) is 12.9 Å². The number of pyridine rings is 1. The predicted octanol–water partition coefficient (Wildman–Crippen LogP) is 2.22. The van der Waals surface area contributed by atoms with Gasteiger partial charge in [0, 0.05) is 20.1 Å².